The Morgan fingerprint density at radius 3 is 3.07 bits per heavy atom. The van der Waals surface area contributed by atoms with Crippen molar-refractivity contribution in [3.05, 3.63) is 24.4 Å². The molecule has 1 fully saturated rings. The number of aromatic nitrogens is 1. The van der Waals surface area contributed by atoms with Crippen molar-refractivity contribution in [3.8, 4) is 5.88 Å². The third-order valence-electron chi connectivity index (χ3n) is 2.34. The largest absolute Gasteiger partial charge is 0.472 e. The van der Waals surface area contributed by atoms with Gasteiger partial charge >= 0.3 is 6.09 Å². The minimum Gasteiger partial charge on any atom is -0.472 e. The molecule has 1 N–H and O–H groups in total. The maximum atomic E-state index is 10.7. The third-order valence-corrected chi connectivity index (χ3v) is 2.34. The predicted octanol–water partition coefficient (Wildman–Crippen LogP) is 1.21. The fraction of sp³-hybridized carbons (Fsp3) is 0.400. The molecule has 1 saturated heterocycles. The molecule has 1 unspecified atom stereocenters. The van der Waals surface area contributed by atoms with Crippen molar-refractivity contribution in [2.75, 3.05) is 13.1 Å². The first-order valence-electron chi connectivity index (χ1n) is 4.81. The van der Waals surface area contributed by atoms with Gasteiger partial charge in [0.25, 0.3) is 0 Å². The Balaban J connectivity index is 1.90. The highest BCUT2D eigenvalue weighted by molar-refractivity contribution is 5.65. The Morgan fingerprint density at radius 1 is 1.60 bits per heavy atom. The summed E-state index contributed by atoms with van der Waals surface area (Å²) < 4.78 is 5.54. The van der Waals surface area contributed by atoms with Gasteiger partial charge in [-0.15, -0.1) is 0 Å². The van der Waals surface area contributed by atoms with Crippen LogP contribution in [-0.4, -0.2) is 40.3 Å². The van der Waals surface area contributed by atoms with E-state index >= 15 is 0 Å². The minimum atomic E-state index is -0.887. The highest BCUT2D eigenvalue weighted by Gasteiger charge is 2.27. The molecule has 1 amide bonds. The summed E-state index contributed by atoms with van der Waals surface area (Å²) in [5.74, 6) is 0.551. The van der Waals surface area contributed by atoms with Gasteiger partial charge in [-0.2, -0.15) is 0 Å². The van der Waals surface area contributed by atoms with Crippen LogP contribution in [0.4, 0.5) is 4.79 Å². The quantitative estimate of drug-likeness (QED) is 0.793. The molecule has 15 heavy (non-hydrogen) atoms. The highest BCUT2D eigenvalue weighted by Crippen LogP contribution is 2.15. The maximum Gasteiger partial charge on any atom is 0.407 e. The van der Waals surface area contributed by atoms with Crippen molar-refractivity contribution in [2.45, 2.75) is 12.5 Å². The Kier molecular flexibility index (Phi) is 2.71. The molecule has 5 heteroatoms. The van der Waals surface area contributed by atoms with Crippen LogP contribution in [0.3, 0.4) is 0 Å². The van der Waals surface area contributed by atoms with Gasteiger partial charge in [-0.25, -0.2) is 9.78 Å². The van der Waals surface area contributed by atoms with Gasteiger partial charge in [-0.1, -0.05) is 6.07 Å². The van der Waals surface area contributed by atoms with Gasteiger partial charge in [0.05, 0.1) is 6.54 Å². The topological polar surface area (TPSA) is 62.7 Å². The molecule has 0 radical (unpaired) electrons. The minimum absolute atomic E-state index is 0.0731. The van der Waals surface area contributed by atoms with Crippen LogP contribution < -0.4 is 4.74 Å². The number of ether oxygens (including phenoxy) is 1. The molecule has 80 valence electrons. The standard InChI is InChI=1S/C10H12N2O3/c13-10(14)12-6-4-8(7-12)15-9-3-1-2-5-11-9/h1-3,5,8H,4,6-7H2,(H,13,14). The van der Waals surface area contributed by atoms with Crippen molar-refractivity contribution in [2.24, 2.45) is 0 Å². The van der Waals surface area contributed by atoms with Crippen LogP contribution >= 0.6 is 0 Å². The van der Waals surface area contributed by atoms with Crippen LogP contribution in [0.15, 0.2) is 24.4 Å². The van der Waals surface area contributed by atoms with E-state index < -0.39 is 6.09 Å². The summed E-state index contributed by atoms with van der Waals surface area (Å²) in [6, 6.07) is 5.42. The average molecular weight is 208 g/mol. The number of carboxylic acid groups (broad SMARTS) is 1. The summed E-state index contributed by atoms with van der Waals surface area (Å²) in [5.41, 5.74) is 0. The molecule has 0 spiro atoms. The molecule has 2 rings (SSSR count). The fourth-order valence-electron chi connectivity index (χ4n) is 1.59. The predicted molar refractivity (Wildman–Crippen MR) is 52.9 cm³/mol. The van der Waals surface area contributed by atoms with E-state index in [1.807, 2.05) is 12.1 Å². The second-order valence-corrected chi connectivity index (χ2v) is 3.43. The van der Waals surface area contributed by atoms with Crippen LogP contribution in [0.25, 0.3) is 0 Å². The van der Waals surface area contributed by atoms with Gasteiger partial charge in [0.1, 0.15) is 6.10 Å². The number of hydrogen-bond acceptors (Lipinski definition) is 3. The molecule has 1 aromatic heterocycles. The first-order valence-corrected chi connectivity index (χ1v) is 4.81. The molecule has 5 nitrogen and oxygen atoms in total. The van der Waals surface area contributed by atoms with Gasteiger partial charge < -0.3 is 14.7 Å². The smallest absolute Gasteiger partial charge is 0.407 e. The van der Waals surface area contributed by atoms with Gasteiger partial charge in [0, 0.05) is 25.2 Å². The molecule has 1 aliphatic rings. The molecule has 1 aliphatic heterocycles. The van der Waals surface area contributed by atoms with E-state index in [0.717, 1.165) is 6.42 Å². The Morgan fingerprint density at radius 2 is 2.47 bits per heavy atom. The van der Waals surface area contributed by atoms with Crippen LogP contribution in [0, 0.1) is 0 Å². The lowest BCUT2D eigenvalue weighted by Crippen LogP contribution is -2.29. The molecular weight excluding hydrogens is 196 g/mol. The van der Waals surface area contributed by atoms with Gasteiger partial charge in [0.2, 0.25) is 5.88 Å². The normalized spacial score (nSPS) is 20.3. The van der Waals surface area contributed by atoms with Crippen molar-refractivity contribution in [3.63, 3.8) is 0 Å². The Bertz CT molecular complexity index is 342. The number of rotatable bonds is 2. The zero-order chi connectivity index (χ0) is 10.7. The molecule has 0 saturated carbocycles. The van der Waals surface area contributed by atoms with Gasteiger partial charge in [-0.3, -0.25) is 0 Å². The fourth-order valence-corrected chi connectivity index (χ4v) is 1.59. The third kappa shape index (κ3) is 2.37. The van der Waals surface area contributed by atoms with E-state index in [0.29, 0.717) is 19.0 Å². The molecule has 0 aromatic carbocycles. The molecule has 0 aliphatic carbocycles. The zero-order valence-electron chi connectivity index (χ0n) is 8.17. The second kappa shape index (κ2) is 4.16. The first kappa shape index (κ1) is 9.76. The average Bonchev–Trinajstić information content (AvgIpc) is 2.68. The van der Waals surface area contributed by atoms with Crippen LogP contribution in [0.1, 0.15) is 6.42 Å². The number of nitrogens with zero attached hydrogens (tertiary/aromatic N) is 2. The van der Waals surface area contributed by atoms with E-state index in [1.54, 1.807) is 12.3 Å². The summed E-state index contributed by atoms with van der Waals surface area (Å²) in [6.07, 6.45) is 1.42. The summed E-state index contributed by atoms with van der Waals surface area (Å²) in [6.45, 7) is 0.957. The number of carbonyl (C=O) groups is 1. The van der Waals surface area contributed by atoms with Crippen molar-refractivity contribution in [1.82, 2.24) is 9.88 Å². The summed E-state index contributed by atoms with van der Waals surface area (Å²) in [4.78, 5) is 16.0. The van der Waals surface area contributed by atoms with Crippen molar-refractivity contribution >= 4 is 6.09 Å². The lowest BCUT2D eigenvalue weighted by molar-refractivity contribution is 0.144. The Hall–Kier alpha value is -1.78. The SMILES string of the molecule is O=C(O)N1CCC(Oc2ccccn2)C1. The summed E-state index contributed by atoms with van der Waals surface area (Å²) >= 11 is 0. The van der Waals surface area contributed by atoms with E-state index in [2.05, 4.69) is 4.98 Å². The molecule has 1 atom stereocenters. The van der Waals surface area contributed by atoms with Crippen molar-refractivity contribution < 1.29 is 14.6 Å². The van der Waals surface area contributed by atoms with E-state index in [9.17, 15) is 4.79 Å². The molecular formula is C10H12N2O3. The number of hydrogen-bond donors (Lipinski definition) is 1. The van der Waals surface area contributed by atoms with E-state index in [1.165, 1.54) is 4.90 Å². The number of likely N-dealkylation sites (tertiary alicyclic amines) is 1. The van der Waals surface area contributed by atoms with E-state index in [-0.39, 0.29) is 6.10 Å². The highest BCUT2D eigenvalue weighted by atomic mass is 16.5. The number of pyridine rings is 1. The lowest BCUT2D eigenvalue weighted by Gasteiger charge is -2.13. The summed E-state index contributed by atoms with van der Waals surface area (Å²) in [5, 5.41) is 8.75. The van der Waals surface area contributed by atoms with Crippen LogP contribution in [-0.2, 0) is 0 Å². The van der Waals surface area contributed by atoms with Crippen LogP contribution in [0.2, 0.25) is 0 Å². The summed E-state index contributed by atoms with van der Waals surface area (Å²) in [7, 11) is 0. The van der Waals surface area contributed by atoms with E-state index in [4.69, 9.17) is 9.84 Å². The molecule has 0 bridgehead atoms. The Labute approximate surface area is 87.3 Å². The lowest BCUT2D eigenvalue weighted by atomic mass is 10.3. The maximum absolute atomic E-state index is 10.7. The van der Waals surface area contributed by atoms with Gasteiger partial charge in [-0.05, 0) is 6.07 Å². The first-order chi connectivity index (χ1) is 7.25. The second-order valence-electron chi connectivity index (χ2n) is 3.43. The van der Waals surface area contributed by atoms with Crippen LogP contribution in [0.5, 0.6) is 5.88 Å². The molecule has 1 aromatic rings. The van der Waals surface area contributed by atoms with Gasteiger partial charge in [0.15, 0.2) is 0 Å². The zero-order valence-corrected chi connectivity index (χ0v) is 8.17. The monoisotopic (exact) mass is 208 g/mol. The van der Waals surface area contributed by atoms with Crippen molar-refractivity contribution in [1.29, 1.82) is 0 Å². The molecule has 2 heterocycles. The number of amides is 1.